The molecule has 2 aromatic heterocycles. The summed E-state index contributed by atoms with van der Waals surface area (Å²) in [6.07, 6.45) is 0.687. The summed E-state index contributed by atoms with van der Waals surface area (Å²) < 4.78 is 40.0. The summed E-state index contributed by atoms with van der Waals surface area (Å²) in [7, 11) is -0.780. The number of amides is 2. The molecule has 2 amide bonds. The topological polar surface area (TPSA) is 131 Å². The van der Waals surface area contributed by atoms with E-state index in [0.29, 0.717) is 58.7 Å². The van der Waals surface area contributed by atoms with E-state index in [-0.39, 0.29) is 29.7 Å². The third-order valence-electron chi connectivity index (χ3n) is 8.09. The molecule has 4 heterocycles. The van der Waals surface area contributed by atoms with Gasteiger partial charge in [0.05, 0.1) is 25.5 Å². The summed E-state index contributed by atoms with van der Waals surface area (Å²) in [5, 5.41) is 0.626. The number of nitrogens with one attached hydrogen (secondary N) is 1. The third-order valence-corrected chi connectivity index (χ3v) is 10.5. The van der Waals surface area contributed by atoms with Crippen LogP contribution in [-0.2, 0) is 38.0 Å². The summed E-state index contributed by atoms with van der Waals surface area (Å²) >= 11 is 1.34. The highest BCUT2D eigenvalue weighted by molar-refractivity contribution is 7.89. The predicted octanol–water partition coefficient (Wildman–Crippen LogP) is 3.27. The Morgan fingerprint density at radius 2 is 1.88 bits per heavy atom. The van der Waals surface area contributed by atoms with E-state index in [2.05, 4.69) is 14.7 Å². The lowest BCUT2D eigenvalue weighted by molar-refractivity contribution is -0.127. The molecule has 1 N–H and O–H groups in total. The van der Waals surface area contributed by atoms with Gasteiger partial charge in [0, 0.05) is 50.3 Å². The molecule has 1 atom stereocenters. The summed E-state index contributed by atoms with van der Waals surface area (Å²) in [6, 6.07) is 15.6. The molecule has 4 aromatic rings. The first-order valence-corrected chi connectivity index (χ1v) is 16.0. The van der Waals surface area contributed by atoms with Gasteiger partial charge in [0.25, 0.3) is 0 Å². The molecule has 0 radical (unpaired) electrons. The average molecular weight is 622 g/mol. The summed E-state index contributed by atoms with van der Waals surface area (Å²) in [6.45, 7) is 2.91. The Labute approximate surface area is 253 Å². The first-order chi connectivity index (χ1) is 20.6. The maximum absolute atomic E-state index is 13.8. The van der Waals surface area contributed by atoms with Gasteiger partial charge in [-0.25, -0.2) is 23.1 Å². The number of ether oxygens (including phenoxy) is 2. The standard InChI is InChI=1S/C30H31N5O6S2/c1-19(36)34-12-11-30(17-34)18-35(28(37)15-27-32-24-8-10-26(41-3)33-29(24)42-27)25-9-7-22(14-23(25)30)43(38,39)31-16-20-5-4-6-21(13-20)40-2/h4-10,13-14,31H,11-12,15-18H2,1-3H3. The van der Waals surface area contributed by atoms with E-state index >= 15 is 0 Å². The number of sulfonamides is 1. The van der Waals surface area contributed by atoms with Crippen molar-refractivity contribution in [1.82, 2.24) is 19.6 Å². The number of thiazole rings is 1. The lowest BCUT2D eigenvalue weighted by Crippen LogP contribution is -2.40. The second kappa shape index (κ2) is 11.2. The van der Waals surface area contributed by atoms with Gasteiger partial charge in [-0.2, -0.15) is 0 Å². The molecular weight excluding hydrogens is 590 g/mol. The zero-order chi connectivity index (χ0) is 30.4. The van der Waals surface area contributed by atoms with Crippen LogP contribution in [0.15, 0.2) is 59.5 Å². The lowest BCUT2D eigenvalue weighted by atomic mass is 9.81. The van der Waals surface area contributed by atoms with Crippen LogP contribution in [0.4, 0.5) is 5.69 Å². The molecule has 2 aromatic carbocycles. The number of benzene rings is 2. The van der Waals surface area contributed by atoms with E-state index in [1.165, 1.54) is 24.3 Å². The molecule has 0 saturated carbocycles. The van der Waals surface area contributed by atoms with Gasteiger partial charge in [-0.3, -0.25) is 9.59 Å². The second-order valence-electron chi connectivity index (χ2n) is 10.8. The van der Waals surface area contributed by atoms with Crippen LogP contribution >= 0.6 is 11.3 Å². The first-order valence-electron chi connectivity index (χ1n) is 13.7. The number of hydrogen-bond acceptors (Lipinski definition) is 9. The van der Waals surface area contributed by atoms with Crippen LogP contribution in [0.3, 0.4) is 0 Å². The quantitative estimate of drug-likeness (QED) is 0.317. The first kappa shape index (κ1) is 29.0. The number of fused-ring (bicyclic) bond motifs is 3. The van der Waals surface area contributed by atoms with Crippen molar-refractivity contribution >= 4 is 49.2 Å². The molecule has 0 aliphatic carbocycles. The number of carbonyl (C=O) groups is 2. The third kappa shape index (κ3) is 5.55. The zero-order valence-corrected chi connectivity index (χ0v) is 25.6. The number of aromatic nitrogens is 2. The molecule has 13 heteroatoms. The number of rotatable bonds is 8. The number of nitrogens with zero attached hydrogens (tertiary/aromatic N) is 4. The summed E-state index contributed by atoms with van der Waals surface area (Å²) in [4.78, 5) is 39.3. The fourth-order valence-corrected chi connectivity index (χ4v) is 7.79. The van der Waals surface area contributed by atoms with Crippen molar-refractivity contribution in [2.75, 3.05) is 38.8 Å². The molecule has 0 bridgehead atoms. The highest BCUT2D eigenvalue weighted by Crippen LogP contribution is 2.47. The molecule has 1 saturated heterocycles. The Morgan fingerprint density at radius 1 is 1.05 bits per heavy atom. The lowest BCUT2D eigenvalue weighted by Gasteiger charge is -2.25. The van der Waals surface area contributed by atoms with Crippen LogP contribution < -0.4 is 19.1 Å². The van der Waals surface area contributed by atoms with E-state index in [4.69, 9.17) is 9.47 Å². The fourth-order valence-electron chi connectivity index (χ4n) is 5.83. The van der Waals surface area contributed by atoms with Crippen LogP contribution in [-0.4, -0.2) is 69.0 Å². The Bertz CT molecular complexity index is 1840. The van der Waals surface area contributed by atoms with E-state index in [0.717, 1.165) is 11.1 Å². The van der Waals surface area contributed by atoms with Crippen molar-refractivity contribution in [3.63, 3.8) is 0 Å². The molecule has 1 spiro atoms. The van der Waals surface area contributed by atoms with E-state index in [1.54, 1.807) is 60.4 Å². The highest BCUT2D eigenvalue weighted by Gasteiger charge is 2.49. The fraction of sp³-hybridized carbons (Fsp3) is 0.333. The number of anilines is 1. The normalized spacial score (nSPS) is 17.9. The number of hydrogen-bond donors (Lipinski definition) is 1. The van der Waals surface area contributed by atoms with Gasteiger partial charge >= 0.3 is 0 Å². The molecule has 6 rings (SSSR count). The molecule has 11 nitrogen and oxygen atoms in total. The highest BCUT2D eigenvalue weighted by atomic mass is 32.2. The van der Waals surface area contributed by atoms with Gasteiger partial charge in [-0.15, -0.1) is 0 Å². The van der Waals surface area contributed by atoms with Crippen molar-refractivity contribution in [2.45, 2.75) is 36.6 Å². The largest absolute Gasteiger partial charge is 0.497 e. The van der Waals surface area contributed by atoms with Crippen molar-refractivity contribution in [1.29, 1.82) is 0 Å². The predicted molar refractivity (Wildman–Crippen MR) is 162 cm³/mol. The minimum absolute atomic E-state index is 0.0515. The van der Waals surface area contributed by atoms with Crippen LogP contribution in [0.2, 0.25) is 0 Å². The Balaban J connectivity index is 1.29. The average Bonchev–Trinajstić information content (AvgIpc) is 3.71. The molecule has 224 valence electrons. The minimum atomic E-state index is -3.88. The maximum Gasteiger partial charge on any atom is 0.240 e. The zero-order valence-electron chi connectivity index (χ0n) is 24.0. The summed E-state index contributed by atoms with van der Waals surface area (Å²) in [5.41, 5.74) is 2.29. The number of carbonyl (C=O) groups excluding carboxylic acids is 2. The maximum atomic E-state index is 13.8. The van der Waals surface area contributed by atoms with E-state index < -0.39 is 15.4 Å². The smallest absolute Gasteiger partial charge is 0.240 e. The van der Waals surface area contributed by atoms with Crippen molar-refractivity contribution < 1.29 is 27.5 Å². The Morgan fingerprint density at radius 3 is 2.63 bits per heavy atom. The second-order valence-corrected chi connectivity index (χ2v) is 13.6. The van der Waals surface area contributed by atoms with Crippen LogP contribution in [0.1, 0.15) is 29.5 Å². The Kier molecular flexibility index (Phi) is 7.57. The molecular formula is C30H31N5O6S2. The molecule has 1 fully saturated rings. The number of methoxy groups -OCH3 is 2. The van der Waals surface area contributed by atoms with Gasteiger partial charge in [0.2, 0.25) is 27.7 Å². The van der Waals surface area contributed by atoms with Crippen LogP contribution in [0.5, 0.6) is 11.6 Å². The van der Waals surface area contributed by atoms with Gasteiger partial charge in [-0.05, 0) is 53.9 Å². The molecule has 2 aliphatic rings. The summed E-state index contributed by atoms with van der Waals surface area (Å²) in [5.74, 6) is 0.907. The van der Waals surface area contributed by atoms with Gasteiger partial charge in [0.1, 0.15) is 21.1 Å². The Hall–Kier alpha value is -4.07. The van der Waals surface area contributed by atoms with Crippen LogP contribution in [0, 0.1) is 0 Å². The molecule has 2 aliphatic heterocycles. The van der Waals surface area contributed by atoms with Crippen LogP contribution in [0.25, 0.3) is 10.3 Å². The van der Waals surface area contributed by atoms with Crippen molar-refractivity contribution in [3.8, 4) is 11.6 Å². The van der Waals surface area contributed by atoms with Crippen molar-refractivity contribution in [2.24, 2.45) is 0 Å². The van der Waals surface area contributed by atoms with Crippen molar-refractivity contribution in [3.05, 3.63) is 70.7 Å². The molecule has 43 heavy (non-hydrogen) atoms. The van der Waals surface area contributed by atoms with E-state index in [1.807, 2.05) is 12.1 Å². The minimum Gasteiger partial charge on any atom is -0.497 e. The van der Waals surface area contributed by atoms with Gasteiger partial charge in [-0.1, -0.05) is 23.5 Å². The number of likely N-dealkylation sites (tertiary alicyclic amines) is 1. The van der Waals surface area contributed by atoms with E-state index in [9.17, 15) is 18.0 Å². The van der Waals surface area contributed by atoms with Gasteiger partial charge in [0.15, 0.2) is 0 Å². The molecule has 1 unspecified atom stereocenters. The SMILES string of the molecule is COc1cccc(CNS(=O)(=O)c2ccc3c(c2)C2(CCN(C(C)=O)C2)CN3C(=O)Cc2nc3ccc(OC)nc3s2)c1. The van der Waals surface area contributed by atoms with Gasteiger partial charge < -0.3 is 19.3 Å². The number of pyridine rings is 1. The monoisotopic (exact) mass is 621 g/mol.